The molecule has 0 radical (unpaired) electrons. The first-order valence-corrected chi connectivity index (χ1v) is 7.75. The number of nitrogens with one attached hydrogen (secondary N) is 1. The number of benzene rings is 1. The lowest BCUT2D eigenvalue weighted by Gasteiger charge is -2.35. The third-order valence-electron chi connectivity index (χ3n) is 4.03. The Hall–Kier alpha value is -2.51. The topological polar surface area (TPSA) is 58.6 Å². The molecule has 2 rings (SSSR count). The van der Waals surface area contributed by atoms with E-state index in [9.17, 15) is 22.8 Å². The quantitative estimate of drug-likeness (QED) is 0.838. The van der Waals surface area contributed by atoms with Crippen molar-refractivity contribution in [2.75, 3.05) is 13.7 Å². The van der Waals surface area contributed by atoms with E-state index < -0.39 is 29.8 Å². The molecule has 1 N–H and O–H groups in total. The van der Waals surface area contributed by atoms with Gasteiger partial charge in [-0.05, 0) is 25.0 Å². The number of hydrogen-bond donors (Lipinski definition) is 1. The minimum atomic E-state index is -4.61. The van der Waals surface area contributed by atoms with Gasteiger partial charge >= 0.3 is 18.2 Å². The molecule has 0 aliphatic carbocycles. The molecule has 0 unspecified atom stereocenters. The van der Waals surface area contributed by atoms with Crippen LogP contribution < -0.4 is 5.32 Å². The van der Waals surface area contributed by atoms with E-state index >= 15 is 0 Å². The molecule has 1 atom stereocenters. The lowest BCUT2D eigenvalue weighted by Crippen LogP contribution is -2.48. The minimum Gasteiger partial charge on any atom is -0.466 e. The van der Waals surface area contributed by atoms with Gasteiger partial charge in [0.25, 0.3) is 0 Å². The Morgan fingerprint density at radius 2 is 1.96 bits per heavy atom. The summed E-state index contributed by atoms with van der Waals surface area (Å²) >= 11 is 0. The van der Waals surface area contributed by atoms with Gasteiger partial charge in [0.2, 0.25) is 0 Å². The van der Waals surface area contributed by atoms with Crippen molar-refractivity contribution < 1.29 is 27.5 Å². The predicted molar refractivity (Wildman–Crippen MR) is 84.4 cm³/mol. The van der Waals surface area contributed by atoms with Gasteiger partial charge in [0, 0.05) is 12.2 Å². The average molecular weight is 356 g/mol. The van der Waals surface area contributed by atoms with Gasteiger partial charge in [-0.2, -0.15) is 13.2 Å². The Bertz CT molecular complexity index is 713. The average Bonchev–Trinajstić information content (AvgIpc) is 2.56. The predicted octanol–water partition coefficient (Wildman–Crippen LogP) is 3.63. The number of esters is 1. The summed E-state index contributed by atoms with van der Waals surface area (Å²) < 4.78 is 44.8. The van der Waals surface area contributed by atoms with E-state index in [1.54, 1.807) is 0 Å². The molecule has 0 fully saturated rings. The van der Waals surface area contributed by atoms with Crippen LogP contribution in [0.1, 0.15) is 37.4 Å². The van der Waals surface area contributed by atoms with E-state index in [1.807, 2.05) is 6.92 Å². The van der Waals surface area contributed by atoms with Crippen LogP contribution in [-0.2, 0) is 15.7 Å². The zero-order valence-corrected chi connectivity index (χ0v) is 14.1. The highest BCUT2D eigenvalue weighted by molar-refractivity contribution is 5.95. The van der Waals surface area contributed by atoms with Gasteiger partial charge in [-0.3, -0.25) is 4.90 Å². The van der Waals surface area contributed by atoms with E-state index in [0.717, 1.165) is 13.2 Å². The number of ether oxygens (including phenoxy) is 1. The van der Waals surface area contributed by atoms with Crippen molar-refractivity contribution in [2.24, 2.45) is 0 Å². The molecular weight excluding hydrogens is 337 g/mol. The third-order valence-corrected chi connectivity index (χ3v) is 4.03. The molecule has 0 saturated heterocycles. The molecule has 1 aliphatic heterocycles. The molecular formula is C17H19F3N2O3. The molecule has 1 aromatic carbocycles. The standard InChI is InChI=1S/C17H19F3N2O3/c1-4-9-22-10(2)13(15(23)25-3)14(21-16(22)24)11-7-5-6-8-12(11)17(18,19)20/h5-8,14H,4,9H2,1-3H3,(H,21,24)/t14-/m1/s1. The lowest BCUT2D eigenvalue weighted by atomic mass is 9.91. The van der Waals surface area contributed by atoms with Gasteiger partial charge in [0.15, 0.2) is 0 Å². The second-order valence-electron chi connectivity index (χ2n) is 5.61. The second kappa shape index (κ2) is 7.16. The first kappa shape index (κ1) is 18.8. The molecule has 0 aromatic heterocycles. The van der Waals surface area contributed by atoms with Crippen LogP contribution in [0.5, 0.6) is 0 Å². The molecule has 1 aliphatic rings. The van der Waals surface area contributed by atoms with Gasteiger partial charge in [0.05, 0.1) is 24.3 Å². The molecule has 1 heterocycles. The summed E-state index contributed by atoms with van der Waals surface area (Å²) in [5.41, 5.74) is -0.815. The van der Waals surface area contributed by atoms with Crippen molar-refractivity contribution in [1.82, 2.24) is 10.2 Å². The molecule has 25 heavy (non-hydrogen) atoms. The van der Waals surface area contributed by atoms with E-state index in [1.165, 1.54) is 30.0 Å². The molecule has 0 saturated carbocycles. The van der Waals surface area contributed by atoms with Gasteiger partial charge in [-0.15, -0.1) is 0 Å². The van der Waals surface area contributed by atoms with Crippen LogP contribution in [0.2, 0.25) is 0 Å². The van der Waals surface area contributed by atoms with E-state index in [-0.39, 0.29) is 11.1 Å². The van der Waals surface area contributed by atoms with Crippen LogP contribution in [-0.4, -0.2) is 30.6 Å². The monoisotopic (exact) mass is 356 g/mol. The maximum absolute atomic E-state index is 13.3. The maximum Gasteiger partial charge on any atom is 0.416 e. The minimum absolute atomic E-state index is 0.00718. The van der Waals surface area contributed by atoms with Crippen molar-refractivity contribution in [3.05, 3.63) is 46.7 Å². The van der Waals surface area contributed by atoms with Gasteiger partial charge in [0.1, 0.15) is 0 Å². The summed E-state index contributed by atoms with van der Waals surface area (Å²) in [5.74, 6) is -0.777. The lowest BCUT2D eigenvalue weighted by molar-refractivity contribution is -0.140. The Morgan fingerprint density at radius 3 is 2.52 bits per heavy atom. The molecule has 0 spiro atoms. The Balaban J connectivity index is 2.65. The SMILES string of the molecule is CCCN1C(=O)N[C@H](c2ccccc2C(F)(F)F)C(C(=O)OC)=C1C. The summed E-state index contributed by atoms with van der Waals surface area (Å²) in [6.45, 7) is 3.72. The number of alkyl halides is 3. The van der Waals surface area contributed by atoms with E-state index in [4.69, 9.17) is 4.74 Å². The smallest absolute Gasteiger partial charge is 0.416 e. The van der Waals surface area contributed by atoms with E-state index in [0.29, 0.717) is 18.7 Å². The first-order chi connectivity index (χ1) is 11.7. The fourth-order valence-electron chi connectivity index (χ4n) is 2.89. The summed E-state index contributed by atoms with van der Waals surface area (Å²) in [7, 11) is 1.15. The van der Waals surface area contributed by atoms with Crippen molar-refractivity contribution >= 4 is 12.0 Å². The van der Waals surface area contributed by atoms with Crippen LogP contribution >= 0.6 is 0 Å². The summed E-state index contributed by atoms with van der Waals surface area (Å²) in [6.07, 6.45) is -3.99. The van der Waals surface area contributed by atoms with Gasteiger partial charge in [-0.1, -0.05) is 25.1 Å². The number of hydrogen-bond acceptors (Lipinski definition) is 3. The zero-order valence-electron chi connectivity index (χ0n) is 14.1. The van der Waals surface area contributed by atoms with Crippen LogP contribution in [0, 0.1) is 0 Å². The number of carbonyl (C=O) groups is 2. The fraction of sp³-hybridized carbons (Fsp3) is 0.412. The number of urea groups is 1. The summed E-state index contributed by atoms with van der Waals surface area (Å²) in [5, 5.41) is 2.50. The normalized spacial score (nSPS) is 18.2. The van der Waals surface area contributed by atoms with Crippen LogP contribution in [0.3, 0.4) is 0 Å². The Morgan fingerprint density at radius 1 is 1.32 bits per heavy atom. The molecule has 2 amide bonds. The largest absolute Gasteiger partial charge is 0.466 e. The van der Waals surface area contributed by atoms with Gasteiger partial charge < -0.3 is 10.1 Å². The Kier molecular flexibility index (Phi) is 5.39. The molecule has 5 nitrogen and oxygen atoms in total. The number of methoxy groups -OCH3 is 1. The number of rotatable bonds is 4. The van der Waals surface area contributed by atoms with Crippen LogP contribution in [0.15, 0.2) is 35.5 Å². The number of nitrogens with zero attached hydrogens (tertiary/aromatic N) is 1. The first-order valence-electron chi connectivity index (χ1n) is 7.75. The van der Waals surface area contributed by atoms with Crippen LogP contribution in [0.25, 0.3) is 0 Å². The maximum atomic E-state index is 13.3. The van der Waals surface area contributed by atoms with Crippen molar-refractivity contribution in [1.29, 1.82) is 0 Å². The van der Waals surface area contributed by atoms with E-state index in [2.05, 4.69) is 5.32 Å². The number of amides is 2. The fourth-order valence-corrected chi connectivity index (χ4v) is 2.89. The van der Waals surface area contributed by atoms with Crippen LogP contribution in [0.4, 0.5) is 18.0 Å². The number of allylic oxidation sites excluding steroid dienone is 1. The third kappa shape index (κ3) is 3.62. The van der Waals surface area contributed by atoms with Crippen molar-refractivity contribution in [2.45, 2.75) is 32.5 Å². The van der Waals surface area contributed by atoms with Crippen molar-refractivity contribution in [3.63, 3.8) is 0 Å². The summed E-state index contributed by atoms with van der Waals surface area (Å²) in [4.78, 5) is 25.9. The molecule has 0 bridgehead atoms. The highest BCUT2D eigenvalue weighted by Crippen LogP contribution is 2.39. The number of halogens is 3. The molecule has 136 valence electrons. The zero-order chi connectivity index (χ0) is 18.8. The summed E-state index contributed by atoms with van der Waals surface area (Å²) in [6, 6.07) is 3.08. The number of carbonyl (C=O) groups excluding carboxylic acids is 2. The highest BCUT2D eigenvalue weighted by atomic mass is 19.4. The van der Waals surface area contributed by atoms with Gasteiger partial charge in [-0.25, -0.2) is 9.59 Å². The van der Waals surface area contributed by atoms with Crippen molar-refractivity contribution in [3.8, 4) is 0 Å². The molecule has 1 aromatic rings. The second-order valence-corrected chi connectivity index (χ2v) is 5.61. The molecule has 8 heteroatoms. The highest BCUT2D eigenvalue weighted by Gasteiger charge is 2.41. The Labute approximate surface area is 143 Å².